The van der Waals surface area contributed by atoms with E-state index in [-0.39, 0.29) is 52.7 Å². The number of piperidine rings is 3. The number of carbonyl (C=O) groups is 4. The SMILES string of the molecule is CNc1ccn(-c2ccnc3c2cc(CN2CCC(c4c(F)cc(C(=O)N5CCC(CN6CCN(Cc7ccc8c(c7)C(C)(C)C(=O)[N+]8=CC7CCC(=O)NC7=O)C[C@@H]6C)CC5)cc4F)CC2)n3C)c(=O)c1. The summed E-state index contributed by atoms with van der Waals surface area (Å²) >= 11 is 0. The number of piperazine rings is 1. The molecule has 0 spiro atoms. The van der Waals surface area contributed by atoms with Crippen LogP contribution in [0.5, 0.6) is 0 Å². The van der Waals surface area contributed by atoms with Crippen LogP contribution >= 0.6 is 0 Å². The van der Waals surface area contributed by atoms with Gasteiger partial charge in [-0.2, -0.15) is 0 Å². The molecule has 0 radical (unpaired) electrons. The molecule has 5 aromatic rings. The van der Waals surface area contributed by atoms with Crippen LogP contribution in [0.2, 0.25) is 0 Å². The maximum Gasteiger partial charge on any atom is 0.402 e. The lowest BCUT2D eigenvalue weighted by Gasteiger charge is -2.42. The van der Waals surface area contributed by atoms with E-state index in [0.29, 0.717) is 63.9 Å². The molecule has 4 saturated heterocycles. The molecule has 2 N–H and O–H groups in total. The predicted octanol–water partition coefficient (Wildman–Crippen LogP) is 6.07. The molecule has 0 bridgehead atoms. The third-order valence-corrected chi connectivity index (χ3v) is 16.2. The number of imide groups is 1. The molecule has 4 amide bonds. The van der Waals surface area contributed by atoms with Gasteiger partial charge in [0.1, 0.15) is 28.6 Å². The van der Waals surface area contributed by atoms with E-state index in [0.717, 1.165) is 90.5 Å². The number of nitrogens with zero attached hydrogens (tertiary/aromatic N) is 8. The van der Waals surface area contributed by atoms with Crippen molar-refractivity contribution in [2.24, 2.45) is 18.9 Å². The van der Waals surface area contributed by atoms with Gasteiger partial charge in [0.25, 0.3) is 11.5 Å². The fraction of sp³-hybridized carbons (Fsp3) is 0.473. The highest BCUT2D eigenvalue weighted by Gasteiger charge is 2.51. The number of aromatic nitrogens is 3. The number of pyridine rings is 2. The molecule has 5 aliphatic heterocycles. The third kappa shape index (κ3) is 9.53. The Balaban J connectivity index is 0.695. The smallest absolute Gasteiger partial charge is 0.388 e. The standard InChI is InChI=1S/C55H64F2N10O5/c1-34-29-63(30-36-6-8-47-43(24-36)55(2,3)54(72)67(47)32-38-7-9-48(68)60-52(38)70)22-23-65(34)31-35-11-19-64(20-12-35)53(71)39-25-44(56)50(45(57)26-39)37-13-17-62(18-14-37)33-41-28-42-46(10-16-59-51(42)61(41)5)66-21-15-40(58-4)27-49(66)69/h6,8,10,15-16,21,24-28,32,34-35,37-38H,7,9,11-14,17-20,22-23,29-31,33H2,1-5H3,(H-,58,60,68,69,70)/p+1/t34-,38?/m0/s1. The summed E-state index contributed by atoms with van der Waals surface area (Å²) in [4.78, 5) is 78.1. The molecule has 72 heavy (non-hydrogen) atoms. The van der Waals surface area contributed by atoms with Gasteiger partial charge >= 0.3 is 5.91 Å². The molecule has 2 aromatic carbocycles. The molecule has 10 rings (SSSR count). The van der Waals surface area contributed by atoms with Gasteiger partial charge in [-0.25, -0.2) is 18.6 Å². The van der Waals surface area contributed by atoms with Gasteiger partial charge in [-0.1, -0.05) is 6.07 Å². The van der Waals surface area contributed by atoms with Gasteiger partial charge in [-0.3, -0.25) is 43.8 Å². The number of anilines is 1. The van der Waals surface area contributed by atoms with Gasteiger partial charge in [0, 0.05) is 137 Å². The van der Waals surface area contributed by atoms with Crippen molar-refractivity contribution >= 4 is 52.3 Å². The van der Waals surface area contributed by atoms with Gasteiger partial charge in [-0.05, 0) is 120 Å². The largest absolute Gasteiger partial charge is 0.402 e. The van der Waals surface area contributed by atoms with E-state index in [1.807, 2.05) is 43.7 Å². The average Bonchev–Trinajstić information content (AvgIpc) is 3.77. The van der Waals surface area contributed by atoms with Gasteiger partial charge in [-0.15, -0.1) is 4.58 Å². The number of amides is 4. The van der Waals surface area contributed by atoms with Crippen LogP contribution in [0.25, 0.3) is 16.7 Å². The zero-order valence-corrected chi connectivity index (χ0v) is 41.9. The first-order chi connectivity index (χ1) is 34.6. The Morgan fingerprint density at radius 3 is 2.33 bits per heavy atom. The quantitative estimate of drug-likeness (QED) is 0.118. The van der Waals surface area contributed by atoms with E-state index in [1.165, 1.54) is 12.1 Å². The fourth-order valence-corrected chi connectivity index (χ4v) is 11.8. The zero-order valence-electron chi connectivity index (χ0n) is 41.9. The van der Waals surface area contributed by atoms with E-state index in [4.69, 9.17) is 0 Å². The van der Waals surface area contributed by atoms with E-state index in [2.05, 4.69) is 55.4 Å². The number of hydrogen-bond donors (Lipinski definition) is 2. The van der Waals surface area contributed by atoms with E-state index >= 15 is 8.78 Å². The summed E-state index contributed by atoms with van der Waals surface area (Å²) in [5.74, 6) is -2.83. The number of rotatable bonds is 11. The molecular formula is C55H65F2N10O5+. The lowest BCUT2D eigenvalue weighted by molar-refractivity contribution is -0.361. The summed E-state index contributed by atoms with van der Waals surface area (Å²) in [6, 6.07) is 16.3. The first-order valence-corrected chi connectivity index (χ1v) is 25.5. The maximum absolute atomic E-state index is 15.9. The minimum atomic E-state index is -0.759. The van der Waals surface area contributed by atoms with Crippen LogP contribution in [0.3, 0.4) is 0 Å². The van der Waals surface area contributed by atoms with Crippen molar-refractivity contribution in [1.29, 1.82) is 0 Å². The summed E-state index contributed by atoms with van der Waals surface area (Å²) in [5.41, 5.74) is 5.32. The molecule has 3 aromatic heterocycles. The molecule has 15 nitrogen and oxygen atoms in total. The van der Waals surface area contributed by atoms with E-state index in [1.54, 1.807) is 45.8 Å². The molecule has 8 heterocycles. The van der Waals surface area contributed by atoms with Crippen LogP contribution in [0.1, 0.15) is 98.0 Å². The predicted molar refractivity (Wildman–Crippen MR) is 271 cm³/mol. The molecule has 1 unspecified atom stereocenters. The Hall–Kier alpha value is -6.43. The van der Waals surface area contributed by atoms with Crippen LogP contribution in [0, 0.1) is 23.5 Å². The number of hydrogen-bond acceptors (Lipinski definition) is 10. The third-order valence-electron chi connectivity index (χ3n) is 16.2. The maximum atomic E-state index is 15.9. The second-order valence-electron chi connectivity index (χ2n) is 21.2. The number of nitrogens with one attached hydrogen (secondary N) is 2. The van der Waals surface area contributed by atoms with Gasteiger partial charge in [0.15, 0.2) is 6.21 Å². The van der Waals surface area contributed by atoms with Crippen molar-refractivity contribution in [1.82, 2.24) is 39.0 Å². The molecular weight excluding hydrogens is 919 g/mol. The molecule has 378 valence electrons. The number of fused-ring (bicyclic) bond motifs is 2. The molecule has 0 aliphatic carbocycles. The monoisotopic (exact) mass is 984 g/mol. The van der Waals surface area contributed by atoms with Crippen LogP contribution in [-0.4, -0.2) is 134 Å². The van der Waals surface area contributed by atoms with Gasteiger partial charge in [0.05, 0.1) is 5.69 Å². The fourth-order valence-electron chi connectivity index (χ4n) is 11.8. The number of halogens is 2. The Morgan fingerprint density at radius 1 is 0.889 bits per heavy atom. The Morgan fingerprint density at radius 2 is 1.64 bits per heavy atom. The van der Waals surface area contributed by atoms with E-state index in [9.17, 15) is 24.0 Å². The van der Waals surface area contributed by atoms with Crippen molar-refractivity contribution in [3.63, 3.8) is 0 Å². The Kier molecular flexibility index (Phi) is 13.6. The Labute approximate surface area is 418 Å². The lowest BCUT2D eigenvalue weighted by Crippen LogP contribution is -2.53. The second-order valence-corrected chi connectivity index (χ2v) is 21.2. The highest BCUT2D eigenvalue weighted by Crippen LogP contribution is 2.41. The van der Waals surface area contributed by atoms with Crippen molar-refractivity contribution in [3.05, 3.63) is 117 Å². The molecule has 5 aliphatic rings. The van der Waals surface area contributed by atoms with Gasteiger partial charge < -0.3 is 14.8 Å². The summed E-state index contributed by atoms with van der Waals surface area (Å²) in [7, 11) is 3.74. The first kappa shape index (κ1) is 49.2. The van der Waals surface area contributed by atoms with Crippen LogP contribution in [0.4, 0.5) is 20.2 Å². The van der Waals surface area contributed by atoms with Crippen molar-refractivity contribution in [2.45, 2.75) is 89.8 Å². The highest BCUT2D eigenvalue weighted by atomic mass is 19.1. The molecule has 4 fully saturated rings. The van der Waals surface area contributed by atoms with Crippen LogP contribution in [-0.2, 0) is 39.9 Å². The number of carbonyl (C=O) groups excluding carboxylic acids is 4. The van der Waals surface area contributed by atoms with Crippen molar-refractivity contribution in [3.8, 4) is 5.69 Å². The normalized spacial score (nSPS) is 22.2. The summed E-state index contributed by atoms with van der Waals surface area (Å²) in [6.07, 6.45) is 8.57. The minimum absolute atomic E-state index is 0.0554. The first-order valence-electron chi connectivity index (χ1n) is 25.5. The van der Waals surface area contributed by atoms with E-state index < -0.39 is 23.0 Å². The number of benzene rings is 2. The molecule has 17 heteroatoms. The van der Waals surface area contributed by atoms with Gasteiger partial charge in [0.2, 0.25) is 17.5 Å². The van der Waals surface area contributed by atoms with Crippen molar-refractivity contribution < 1.29 is 32.5 Å². The Bertz CT molecular complexity index is 3030. The number of likely N-dealkylation sites (tertiary alicyclic amines) is 2. The summed E-state index contributed by atoms with van der Waals surface area (Å²) < 4.78 is 37.0. The summed E-state index contributed by atoms with van der Waals surface area (Å²) in [6.45, 7) is 13.5. The highest BCUT2D eigenvalue weighted by molar-refractivity contribution is 6.05. The number of aryl methyl sites for hydroxylation is 1. The van der Waals surface area contributed by atoms with Crippen LogP contribution in [0.15, 0.2) is 71.8 Å². The minimum Gasteiger partial charge on any atom is -0.388 e. The molecule has 2 atom stereocenters. The zero-order chi connectivity index (χ0) is 50.6. The molecule has 0 saturated carbocycles. The second kappa shape index (κ2) is 19.9. The summed E-state index contributed by atoms with van der Waals surface area (Å²) in [5, 5.41) is 6.25. The lowest BCUT2D eigenvalue weighted by atomic mass is 9.85. The van der Waals surface area contributed by atoms with Crippen molar-refractivity contribution in [2.75, 3.05) is 64.7 Å². The topological polar surface area (TPSA) is 148 Å². The van der Waals surface area contributed by atoms with Crippen LogP contribution < -0.4 is 16.2 Å². The average molecular weight is 984 g/mol.